The zero-order chi connectivity index (χ0) is 15.8. The van der Waals surface area contributed by atoms with E-state index in [1.807, 2.05) is 43.3 Å². The first kappa shape index (κ1) is 13.9. The van der Waals surface area contributed by atoms with Crippen LogP contribution in [0.15, 0.2) is 42.7 Å². The molecule has 0 atom stereocenters. The Hall–Kier alpha value is -2.73. The summed E-state index contributed by atoms with van der Waals surface area (Å²) in [6, 6.07) is 11.7. The maximum Gasteiger partial charge on any atom is 0.143 e. The van der Waals surface area contributed by atoms with E-state index in [1.165, 1.54) is 0 Å². The quantitative estimate of drug-likeness (QED) is 0.609. The molecule has 4 aromatic rings. The molecule has 23 heavy (non-hydrogen) atoms. The fraction of sp³-hybridized carbons (Fsp3) is 0.118. The van der Waals surface area contributed by atoms with E-state index in [9.17, 15) is 0 Å². The van der Waals surface area contributed by atoms with Gasteiger partial charge in [0.25, 0.3) is 0 Å². The molecule has 0 aliphatic heterocycles. The summed E-state index contributed by atoms with van der Waals surface area (Å²) in [5.41, 5.74) is 2.84. The van der Waals surface area contributed by atoms with Crippen LogP contribution in [0.2, 0.25) is 0 Å². The Kier molecular flexibility index (Phi) is 3.31. The molecule has 0 aliphatic carbocycles. The Morgan fingerprint density at radius 2 is 1.78 bits per heavy atom. The third-order valence-electron chi connectivity index (χ3n) is 3.62. The second-order valence-corrected chi connectivity index (χ2v) is 6.32. The summed E-state index contributed by atoms with van der Waals surface area (Å²) in [6.45, 7) is 2.01. The highest BCUT2D eigenvalue weighted by molar-refractivity contribution is 7.19. The zero-order valence-corrected chi connectivity index (χ0v) is 13.5. The first-order valence-corrected chi connectivity index (χ1v) is 7.98. The predicted octanol–water partition coefficient (Wildman–Crippen LogP) is 4.30. The lowest BCUT2D eigenvalue weighted by molar-refractivity contribution is 0.415. The van der Waals surface area contributed by atoms with Crippen LogP contribution < -0.4 is 10.1 Å². The number of rotatable bonds is 3. The molecule has 1 N–H and O–H groups in total. The van der Waals surface area contributed by atoms with Gasteiger partial charge in [0.05, 0.1) is 33.2 Å². The number of nitrogens with one attached hydrogen (secondary N) is 1. The Bertz CT molecular complexity index is 995. The number of benzene rings is 2. The van der Waals surface area contributed by atoms with Crippen molar-refractivity contribution in [2.24, 2.45) is 0 Å². The first-order valence-electron chi connectivity index (χ1n) is 7.16. The number of hydrogen-bond donors (Lipinski definition) is 1. The van der Waals surface area contributed by atoms with E-state index in [4.69, 9.17) is 4.74 Å². The molecule has 0 saturated heterocycles. The third-order valence-corrected chi connectivity index (χ3v) is 4.62. The molecule has 0 unspecified atom stereocenters. The van der Waals surface area contributed by atoms with Crippen molar-refractivity contribution in [3.63, 3.8) is 0 Å². The lowest BCUT2D eigenvalue weighted by Crippen LogP contribution is -1.96. The zero-order valence-electron chi connectivity index (χ0n) is 12.7. The molecule has 0 saturated carbocycles. The summed E-state index contributed by atoms with van der Waals surface area (Å²) in [4.78, 5) is 13.4. The van der Waals surface area contributed by atoms with Gasteiger partial charge in [-0.15, -0.1) is 11.3 Å². The lowest BCUT2D eigenvalue weighted by Gasteiger charge is -2.09. The Morgan fingerprint density at radius 1 is 1.00 bits per heavy atom. The summed E-state index contributed by atoms with van der Waals surface area (Å²) in [6.07, 6.45) is 1.58. The maximum absolute atomic E-state index is 5.19. The second kappa shape index (κ2) is 5.48. The van der Waals surface area contributed by atoms with Gasteiger partial charge in [0, 0.05) is 5.69 Å². The van der Waals surface area contributed by atoms with Crippen LogP contribution in [0.4, 0.5) is 11.5 Å². The number of aromatic nitrogens is 3. The number of anilines is 2. The number of thiazole rings is 1. The van der Waals surface area contributed by atoms with Crippen molar-refractivity contribution < 1.29 is 4.74 Å². The highest BCUT2D eigenvalue weighted by atomic mass is 32.1. The predicted molar refractivity (Wildman–Crippen MR) is 93.7 cm³/mol. The Balaban J connectivity index is 1.86. The number of fused-ring (bicyclic) bond motifs is 3. The fourth-order valence-corrected chi connectivity index (χ4v) is 3.51. The smallest absolute Gasteiger partial charge is 0.143 e. The van der Waals surface area contributed by atoms with E-state index in [0.717, 1.165) is 43.4 Å². The second-order valence-electron chi connectivity index (χ2n) is 5.12. The molecular weight excluding hydrogens is 308 g/mol. The standard InChI is InChI=1S/C17H14N4OS/c1-10-20-14-8-7-13-15(16(14)23-10)17(19-9-18-13)21-11-3-5-12(22-2)6-4-11/h3-9H,1-2H3,(H,18,19,21). The van der Waals surface area contributed by atoms with E-state index in [-0.39, 0.29) is 0 Å². The van der Waals surface area contributed by atoms with Crippen LogP contribution in [-0.4, -0.2) is 22.1 Å². The van der Waals surface area contributed by atoms with Crippen LogP contribution in [0.1, 0.15) is 5.01 Å². The van der Waals surface area contributed by atoms with Gasteiger partial charge < -0.3 is 10.1 Å². The topological polar surface area (TPSA) is 59.9 Å². The van der Waals surface area contributed by atoms with E-state index in [0.29, 0.717) is 0 Å². The van der Waals surface area contributed by atoms with Crippen molar-refractivity contribution in [3.8, 4) is 5.75 Å². The van der Waals surface area contributed by atoms with Crippen molar-refractivity contribution in [2.45, 2.75) is 6.92 Å². The number of methoxy groups -OCH3 is 1. The van der Waals surface area contributed by atoms with Gasteiger partial charge in [-0.1, -0.05) is 0 Å². The van der Waals surface area contributed by atoms with Crippen LogP contribution in [0.3, 0.4) is 0 Å². The molecule has 0 amide bonds. The lowest BCUT2D eigenvalue weighted by atomic mass is 10.2. The summed E-state index contributed by atoms with van der Waals surface area (Å²) < 4.78 is 6.30. The minimum atomic E-state index is 0.786. The van der Waals surface area contributed by atoms with Gasteiger partial charge in [0.1, 0.15) is 17.9 Å². The molecule has 0 bridgehead atoms. The van der Waals surface area contributed by atoms with E-state index in [2.05, 4.69) is 20.3 Å². The molecule has 114 valence electrons. The third kappa shape index (κ3) is 2.47. The van der Waals surface area contributed by atoms with Gasteiger partial charge in [0.15, 0.2) is 0 Å². The van der Waals surface area contributed by atoms with Crippen LogP contribution in [0.5, 0.6) is 5.75 Å². The van der Waals surface area contributed by atoms with E-state index in [1.54, 1.807) is 24.8 Å². The highest BCUT2D eigenvalue weighted by Gasteiger charge is 2.11. The van der Waals surface area contributed by atoms with Gasteiger partial charge in [-0.2, -0.15) is 0 Å². The molecule has 4 rings (SSSR count). The Morgan fingerprint density at radius 3 is 2.57 bits per heavy atom. The van der Waals surface area contributed by atoms with Crippen LogP contribution in [0.25, 0.3) is 21.1 Å². The van der Waals surface area contributed by atoms with Crippen LogP contribution in [-0.2, 0) is 0 Å². The molecule has 0 fully saturated rings. The minimum Gasteiger partial charge on any atom is -0.497 e. The van der Waals surface area contributed by atoms with Gasteiger partial charge in [-0.25, -0.2) is 15.0 Å². The number of ether oxygens (including phenoxy) is 1. The largest absolute Gasteiger partial charge is 0.497 e. The summed E-state index contributed by atoms with van der Waals surface area (Å²) >= 11 is 1.66. The molecule has 6 heteroatoms. The average molecular weight is 322 g/mol. The van der Waals surface area contributed by atoms with Crippen LogP contribution >= 0.6 is 11.3 Å². The normalized spacial score (nSPS) is 11.0. The van der Waals surface area contributed by atoms with Gasteiger partial charge in [0.2, 0.25) is 0 Å². The van der Waals surface area contributed by atoms with Gasteiger partial charge >= 0.3 is 0 Å². The van der Waals surface area contributed by atoms with E-state index >= 15 is 0 Å². The minimum absolute atomic E-state index is 0.786. The molecule has 2 aromatic heterocycles. The summed E-state index contributed by atoms with van der Waals surface area (Å²) in [7, 11) is 1.66. The molecule has 2 aromatic carbocycles. The molecule has 0 spiro atoms. The van der Waals surface area contributed by atoms with Crippen molar-refractivity contribution in [1.82, 2.24) is 15.0 Å². The van der Waals surface area contributed by atoms with Crippen molar-refractivity contribution >= 4 is 44.0 Å². The van der Waals surface area contributed by atoms with Crippen molar-refractivity contribution in [3.05, 3.63) is 47.7 Å². The first-order chi connectivity index (χ1) is 11.2. The SMILES string of the molecule is COc1ccc(Nc2ncnc3ccc4nc(C)sc4c23)cc1. The molecule has 2 heterocycles. The van der Waals surface area contributed by atoms with Crippen molar-refractivity contribution in [2.75, 3.05) is 12.4 Å². The number of aryl methyl sites for hydroxylation is 1. The monoisotopic (exact) mass is 322 g/mol. The van der Waals surface area contributed by atoms with E-state index < -0.39 is 0 Å². The van der Waals surface area contributed by atoms with Crippen LogP contribution in [0, 0.1) is 6.92 Å². The number of nitrogens with zero attached hydrogens (tertiary/aromatic N) is 3. The average Bonchev–Trinajstić information content (AvgIpc) is 2.96. The van der Waals surface area contributed by atoms with Gasteiger partial charge in [-0.05, 0) is 43.3 Å². The Labute approximate surface area is 137 Å². The maximum atomic E-state index is 5.19. The summed E-state index contributed by atoms with van der Waals surface area (Å²) in [5.74, 6) is 1.61. The number of hydrogen-bond acceptors (Lipinski definition) is 6. The van der Waals surface area contributed by atoms with Gasteiger partial charge in [-0.3, -0.25) is 0 Å². The van der Waals surface area contributed by atoms with Crippen molar-refractivity contribution in [1.29, 1.82) is 0 Å². The molecule has 5 nitrogen and oxygen atoms in total. The molecule has 0 aliphatic rings. The fourth-order valence-electron chi connectivity index (χ4n) is 2.55. The molecule has 0 radical (unpaired) electrons. The molecular formula is C17H14N4OS. The highest BCUT2D eigenvalue weighted by Crippen LogP contribution is 2.34. The summed E-state index contributed by atoms with van der Waals surface area (Å²) in [5, 5.41) is 5.41.